The highest BCUT2D eigenvalue weighted by atomic mass is 16.4. The molecule has 2 N–H and O–H groups in total. The molecular formula is C31H23BO2. The lowest BCUT2D eigenvalue weighted by Gasteiger charge is -2.22. The number of benzene rings is 6. The first-order valence-corrected chi connectivity index (χ1v) is 11.8. The van der Waals surface area contributed by atoms with E-state index in [1.165, 1.54) is 44.2 Å². The van der Waals surface area contributed by atoms with Crippen LogP contribution in [0.3, 0.4) is 0 Å². The van der Waals surface area contributed by atoms with Gasteiger partial charge in [0.15, 0.2) is 0 Å². The summed E-state index contributed by atoms with van der Waals surface area (Å²) in [4.78, 5) is 0. The molecule has 0 atom stereocenters. The molecule has 0 unspecified atom stereocenters. The van der Waals surface area contributed by atoms with Gasteiger partial charge in [0.1, 0.15) is 0 Å². The largest absolute Gasteiger partial charge is 0.489 e. The highest BCUT2D eigenvalue weighted by Crippen LogP contribution is 2.50. The van der Waals surface area contributed by atoms with Gasteiger partial charge in [0.05, 0.1) is 0 Å². The second-order valence-corrected chi connectivity index (χ2v) is 9.99. The molecule has 34 heavy (non-hydrogen) atoms. The van der Waals surface area contributed by atoms with Crippen molar-refractivity contribution in [1.82, 2.24) is 0 Å². The van der Waals surface area contributed by atoms with E-state index in [0.29, 0.717) is 5.46 Å². The maximum Gasteiger partial charge on any atom is 0.489 e. The standard InChI is InChI=1S/C31H23BO2/c1-31(2)26-6-4-3-5-22(26)23-13-10-20(17-27(23)31)21-12-7-18-9-15-25-28(32(33)34)16-11-19-8-14-24(21)29(18)30(19)25/h3-17,33-34H,1-2H3. The summed E-state index contributed by atoms with van der Waals surface area (Å²) in [6.07, 6.45) is 0. The lowest BCUT2D eigenvalue weighted by Crippen LogP contribution is -2.30. The van der Waals surface area contributed by atoms with Crippen LogP contribution in [0.2, 0.25) is 0 Å². The van der Waals surface area contributed by atoms with E-state index in [2.05, 4.69) is 86.6 Å². The van der Waals surface area contributed by atoms with Crippen molar-refractivity contribution >= 4 is 44.9 Å². The zero-order valence-corrected chi connectivity index (χ0v) is 19.1. The Balaban J connectivity index is 1.52. The van der Waals surface area contributed by atoms with Gasteiger partial charge >= 0.3 is 7.12 Å². The van der Waals surface area contributed by atoms with E-state index in [9.17, 15) is 10.0 Å². The van der Waals surface area contributed by atoms with Crippen LogP contribution in [0.4, 0.5) is 0 Å². The van der Waals surface area contributed by atoms with Gasteiger partial charge in [-0.25, -0.2) is 0 Å². The van der Waals surface area contributed by atoms with Gasteiger partial charge in [-0.15, -0.1) is 0 Å². The summed E-state index contributed by atoms with van der Waals surface area (Å²) in [5, 5.41) is 26.5. The van der Waals surface area contributed by atoms with E-state index in [4.69, 9.17) is 0 Å². The van der Waals surface area contributed by atoms with Crippen LogP contribution < -0.4 is 5.46 Å². The third kappa shape index (κ3) is 2.49. The third-order valence-corrected chi connectivity index (χ3v) is 7.87. The predicted octanol–water partition coefficient (Wildman–Crippen LogP) is 6.24. The van der Waals surface area contributed by atoms with Gasteiger partial charge < -0.3 is 10.0 Å². The summed E-state index contributed by atoms with van der Waals surface area (Å²) in [6.45, 7) is 4.63. The van der Waals surface area contributed by atoms with Crippen LogP contribution in [0.15, 0.2) is 91.0 Å². The minimum atomic E-state index is -1.50. The Labute approximate surface area is 198 Å². The van der Waals surface area contributed by atoms with Crippen molar-refractivity contribution in [1.29, 1.82) is 0 Å². The lowest BCUT2D eigenvalue weighted by atomic mass is 9.75. The predicted molar refractivity (Wildman–Crippen MR) is 143 cm³/mol. The van der Waals surface area contributed by atoms with Crippen LogP contribution in [0.1, 0.15) is 25.0 Å². The maximum absolute atomic E-state index is 9.96. The molecule has 0 bridgehead atoms. The van der Waals surface area contributed by atoms with E-state index < -0.39 is 7.12 Å². The maximum atomic E-state index is 9.96. The summed E-state index contributed by atoms with van der Waals surface area (Å²) >= 11 is 0. The summed E-state index contributed by atoms with van der Waals surface area (Å²) in [5.41, 5.74) is 8.31. The SMILES string of the molecule is CC1(C)c2ccccc2-c2ccc(-c3ccc4ccc5c(B(O)O)ccc6ccc3c4c65)cc21. The minimum absolute atomic E-state index is 0.0438. The number of hydrogen-bond acceptors (Lipinski definition) is 2. The topological polar surface area (TPSA) is 40.5 Å². The average Bonchev–Trinajstić information content (AvgIpc) is 3.08. The van der Waals surface area contributed by atoms with Crippen molar-refractivity contribution in [2.75, 3.05) is 0 Å². The van der Waals surface area contributed by atoms with Gasteiger partial charge in [0, 0.05) is 5.41 Å². The Morgan fingerprint density at radius 1 is 0.588 bits per heavy atom. The van der Waals surface area contributed by atoms with Crippen molar-refractivity contribution in [3.63, 3.8) is 0 Å². The first kappa shape index (κ1) is 19.8. The van der Waals surface area contributed by atoms with E-state index in [-0.39, 0.29) is 5.41 Å². The summed E-state index contributed by atoms with van der Waals surface area (Å²) in [6, 6.07) is 32.3. The van der Waals surface area contributed by atoms with E-state index >= 15 is 0 Å². The molecule has 0 saturated carbocycles. The van der Waals surface area contributed by atoms with Crippen molar-refractivity contribution in [2.45, 2.75) is 19.3 Å². The molecule has 0 saturated heterocycles. The molecule has 0 fully saturated rings. The Morgan fingerprint density at radius 2 is 1.21 bits per heavy atom. The Morgan fingerprint density at radius 3 is 2.00 bits per heavy atom. The Hall–Kier alpha value is -3.66. The monoisotopic (exact) mass is 438 g/mol. The van der Waals surface area contributed by atoms with Gasteiger partial charge in [-0.05, 0) is 77.2 Å². The van der Waals surface area contributed by atoms with Gasteiger partial charge in [-0.2, -0.15) is 0 Å². The molecule has 0 spiro atoms. The molecule has 0 aliphatic heterocycles. The number of hydrogen-bond donors (Lipinski definition) is 2. The van der Waals surface area contributed by atoms with Gasteiger partial charge in [0.2, 0.25) is 0 Å². The zero-order valence-electron chi connectivity index (χ0n) is 19.1. The second-order valence-electron chi connectivity index (χ2n) is 9.99. The third-order valence-electron chi connectivity index (χ3n) is 7.87. The van der Waals surface area contributed by atoms with E-state index in [0.717, 1.165) is 21.5 Å². The van der Waals surface area contributed by atoms with Crippen LogP contribution in [0.5, 0.6) is 0 Å². The molecule has 6 aromatic rings. The smallest absolute Gasteiger partial charge is 0.423 e. The molecule has 0 heterocycles. The fourth-order valence-corrected chi connectivity index (χ4v) is 6.17. The van der Waals surface area contributed by atoms with Gasteiger partial charge in [-0.1, -0.05) is 98.8 Å². The van der Waals surface area contributed by atoms with Crippen molar-refractivity contribution < 1.29 is 10.0 Å². The molecule has 7 rings (SSSR count). The molecular weight excluding hydrogens is 415 g/mol. The summed E-state index contributed by atoms with van der Waals surface area (Å²) < 4.78 is 0. The molecule has 2 nitrogen and oxygen atoms in total. The second kappa shape index (κ2) is 6.69. The van der Waals surface area contributed by atoms with Crippen molar-refractivity contribution in [2.24, 2.45) is 0 Å². The fraction of sp³-hybridized carbons (Fsp3) is 0.0968. The van der Waals surface area contributed by atoms with E-state index in [1.54, 1.807) is 0 Å². The van der Waals surface area contributed by atoms with Crippen LogP contribution in [0, 0.1) is 0 Å². The van der Waals surface area contributed by atoms with Crippen LogP contribution in [-0.2, 0) is 5.41 Å². The average molecular weight is 438 g/mol. The molecule has 6 aromatic carbocycles. The normalized spacial score (nSPS) is 14.1. The minimum Gasteiger partial charge on any atom is -0.423 e. The Kier molecular flexibility index (Phi) is 3.89. The molecule has 3 heteroatoms. The highest BCUT2D eigenvalue weighted by molar-refractivity contribution is 6.62. The molecule has 1 aliphatic carbocycles. The zero-order chi connectivity index (χ0) is 23.2. The molecule has 0 radical (unpaired) electrons. The molecule has 162 valence electrons. The molecule has 0 aromatic heterocycles. The first-order valence-electron chi connectivity index (χ1n) is 11.8. The van der Waals surface area contributed by atoms with Crippen LogP contribution >= 0.6 is 0 Å². The Bertz CT molecular complexity index is 1760. The lowest BCUT2D eigenvalue weighted by molar-refractivity contribution is 0.426. The fourth-order valence-electron chi connectivity index (χ4n) is 6.17. The van der Waals surface area contributed by atoms with Gasteiger partial charge in [-0.3, -0.25) is 0 Å². The summed E-state index contributed by atoms with van der Waals surface area (Å²) in [7, 11) is -1.50. The van der Waals surface area contributed by atoms with E-state index in [1.807, 2.05) is 18.2 Å². The molecule has 0 amide bonds. The summed E-state index contributed by atoms with van der Waals surface area (Å²) in [5.74, 6) is 0. The number of fused-ring (bicyclic) bond motifs is 3. The van der Waals surface area contributed by atoms with Crippen LogP contribution in [0.25, 0.3) is 54.6 Å². The molecule has 1 aliphatic rings. The van der Waals surface area contributed by atoms with Crippen molar-refractivity contribution in [3.05, 3.63) is 102 Å². The van der Waals surface area contributed by atoms with Crippen LogP contribution in [-0.4, -0.2) is 17.2 Å². The highest BCUT2D eigenvalue weighted by Gasteiger charge is 2.35. The number of rotatable bonds is 2. The van der Waals surface area contributed by atoms with Gasteiger partial charge in [0.25, 0.3) is 0 Å². The quantitative estimate of drug-likeness (QED) is 0.248. The first-order chi connectivity index (χ1) is 16.4. The van der Waals surface area contributed by atoms with Crippen molar-refractivity contribution in [3.8, 4) is 22.3 Å².